The van der Waals surface area contributed by atoms with E-state index in [9.17, 15) is 4.39 Å². The standard InChI is InChI=1S/C18H23FN2O2/c1-13(14-4-9-18(23-3)17(19)12-14)20-15-5-7-16(8-6-15)21(2)10-11-22/h4-9,12-13,20,22H,10-11H2,1-3H3. The van der Waals surface area contributed by atoms with Gasteiger partial charge >= 0.3 is 0 Å². The summed E-state index contributed by atoms with van der Waals surface area (Å²) in [7, 11) is 3.39. The van der Waals surface area contributed by atoms with Crippen molar-refractivity contribution in [3.05, 3.63) is 53.8 Å². The van der Waals surface area contributed by atoms with Crippen molar-refractivity contribution in [2.45, 2.75) is 13.0 Å². The summed E-state index contributed by atoms with van der Waals surface area (Å²) < 4.78 is 18.7. The number of aliphatic hydroxyl groups is 1. The average Bonchev–Trinajstić information content (AvgIpc) is 2.55. The molecule has 2 rings (SSSR count). The summed E-state index contributed by atoms with van der Waals surface area (Å²) in [6.07, 6.45) is 0. The van der Waals surface area contributed by atoms with E-state index in [1.54, 1.807) is 6.07 Å². The second-order valence-electron chi connectivity index (χ2n) is 5.45. The molecule has 0 fully saturated rings. The van der Waals surface area contributed by atoms with Gasteiger partial charge in [0.2, 0.25) is 0 Å². The molecule has 1 unspecified atom stereocenters. The van der Waals surface area contributed by atoms with Gasteiger partial charge in [0, 0.05) is 31.0 Å². The lowest BCUT2D eigenvalue weighted by atomic mass is 10.1. The number of rotatable bonds is 7. The third kappa shape index (κ3) is 4.36. The van der Waals surface area contributed by atoms with Gasteiger partial charge in [0.1, 0.15) is 0 Å². The number of methoxy groups -OCH3 is 1. The lowest BCUT2D eigenvalue weighted by molar-refractivity contribution is 0.304. The Bertz CT molecular complexity index is 631. The lowest BCUT2D eigenvalue weighted by Gasteiger charge is -2.20. The van der Waals surface area contributed by atoms with Gasteiger partial charge in [-0.05, 0) is 48.9 Å². The molecule has 0 spiro atoms. The molecule has 2 N–H and O–H groups in total. The van der Waals surface area contributed by atoms with Crippen molar-refractivity contribution >= 4 is 11.4 Å². The molecular formula is C18H23FN2O2. The lowest BCUT2D eigenvalue weighted by Crippen LogP contribution is -2.20. The van der Waals surface area contributed by atoms with Gasteiger partial charge in [0.05, 0.1) is 13.7 Å². The maximum absolute atomic E-state index is 13.8. The van der Waals surface area contributed by atoms with Gasteiger partial charge in [-0.1, -0.05) is 6.07 Å². The first kappa shape index (κ1) is 17.1. The third-order valence-corrected chi connectivity index (χ3v) is 3.80. The van der Waals surface area contributed by atoms with Crippen LogP contribution >= 0.6 is 0 Å². The molecule has 5 heteroatoms. The van der Waals surface area contributed by atoms with Crippen LogP contribution in [0.25, 0.3) is 0 Å². The van der Waals surface area contributed by atoms with E-state index in [1.807, 2.05) is 49.2 Å². The largest absolute Gasteiger partial charge is 0.494 e. The van der Waals surface area contributed by atoms with Crippen LogP contribution in [0, 0.1) is 5.82 Å². The normalized spacial score (nSPS) is 11.9. The van der Waals surface area contributed by atoms with Crippen LogP contribution in [-0.2, 0) is 0 Å². The first-order chi connectivity index (χ1) is 11.0. The molecule has 2 aromatic rings. The Balaban J connectivity index is 2.05. The van der Waals surface area contributed by atoms with Crippen LogP contribution in [0.15, 0.2) is 42.5 Å². The van der Waals surface area contributed by atoms with Crippen molar-refractivity contribution < 1.29 is 14.2 Å². The van der Waals surface area contributed by atoms with Crippen LogP contribution in [0.3, 0.4) is 0 Å². The minimum Gasteiger partial charge on any atom is -0.494 e. The number of likely N-dealkylation sites (N-methyl/N-ethyl adjacent to an activating group) is 1. The molecule has 0 amide bonds. The first-order valence-electron chi connectivity index (χ1n) is 7.57. The molecular weight excluding hydrogens is 295 g/mol. The monoisotopic (exact) mass is 318 g/mol. The third-order valence-electron chi connectivity index (χ3n) is 3.80. The summed E-state index contributed by atoms with van der Waals surface area (Å²) >= 11 is 0. The smallest absolute Gasteiger partial charge is 0.165 e. The fraction of sp³-hybridized carbons (Fsp3) is 0.333. The average molecular weight is 318 g/mol. The zero-order valence-electron chi connectivity index (χ0n) is 13.7. The Labute approximate surface area is 136 Å². The van der Waals surface area contributed by atoms with E-state index < -0.39 is 0 Å². The number of nitrogens with one attached hydrogen (secondary N) is 1. The van der Waals surface area contributed by atoms with Crippen LogP contribution in [-0.4, -0.2) is 32.4 Å². The second kappa shape index (κ2) is 7.83. The van der Waals surface area contributed by atoms with Crippen LogP contribution in [0.1, 0.15) is 18.5 Å². The molecule has 0 saturated carbocycles. The van der Waals surface area contributed by atoms with E-state index in [0.29, 0.717) is 6.54 Å². The van der Waals surface area contributed by atoms with E-state index in [2.05, 4.69) is 5.32 Å². The van der Waals surface area contributed by atoms with Crippen LogP contribution in [0.4, 0.5) is 15.8 Å². The summed E-state index contributed by atoms with van der Waals surface area (Å²) in [4.78, 5) is 1.98. The molecule has 23 heavy (non-hydrogen) atoms. The number of ether oxygens (including phenoxy) is 1. The van der Waals surface area contributed by atoms with Gasteiger partial charge in [-0.15, -0.1) is 0 Å². The molecule has 0 heterocycles. The molecule has 0 bridgehead atoms. The van der Waals surface area contributed by atoms with E-state index in [4.69, 9.17) is 9.84 Å². The van der Waals surface area contributed by atoms with Crippen molar-refractivity contribution in [3.63, 3.8) is 0 Å². The van der Waals surface area contributed by atoms with Gasteiger partial charge in [-0.2, -0.15) is 0 Å². The Morgan fingerprint density at radius 2 is 1.91 bits per heavy atom. The first-order valence-corrected chi connectivity index (χ1v) is 7.57. The fourth-order valence-electron chi connectivity index (χ4n) is 2.38. The summed E-state index contributed by atoms with van der Waals surface area (Å²) in [5.41, 5.74) is 2.84. The molecule has 0 aliphatic heterocycles. The molecule has 0 aliphatic rings. The van der Waals surface area contributed by atoms with Crippen molar-refractivity contribution in [3.8, 4) is 5.75 Å². The molecule has 124 valence electrons. The summed E-state index contributed by atoms with van der Waals surface area (Å²) in [6, 6.07) is 12.9. The van der Waals surface area contributed by atoms with E-state index in [1.165, 1.54) is 13.2 Å². The van der Waals surface area contributed by atoms with Crippen molar-refractivity contribution in [2.75, 3.05) is 37.5 Å². The highest BCUT2D eigenvalue weighted by Crippen LogP contribution is 2.25. The molecule has 4 nitrogen and oxygen atoms in total. The Hall–Kier alpha value is -2.27. The van der Waals surface area contributed by atoms with Crippen LogP contribution in [0.5, 0.6) is 5.75 Å². The number of aliphatic hydroxyl groups excluding tert-OH is 1. The number of halogens is 1. The maximum atomic E-state index is 13.8. The molecule has 0 saturated heterocycles. The Kier molecular flexibility index (Phi) is 5.82. The molecule has 0 radical (unpaired) electrons. The number of hydrogen-bond donors (Lipinski definition) is 2. The summed E-state index contributed by atoms with van der Waals surface area (Å²) in [5, 5.41) is 12.3. The number of hydrogen-bond acceptors (Lipinski definition) is 4. The molecule has 0 aromatic heterocycles. The van der Waals surface area contributed by atoms with Gasteiger partial charge in [-0.3, -0.25) is 0 Å². The highest BCUT2D eigenvalue weighted by Gasteiger charge is 2.10. The summed E-state index contributed by atoms with van der Waals surface area (Å²) in [5.74, 6) is -0.114. The topological polar surface area (TPSA) is 44.7 Å². The van der Waals surface area contributed by atoms with Gasteiger partial charge < -0.3 is 20.1 Å². The van der Waals surface area contributed by atoms with Gasteiger partial charge in [0.25, 0.3) is 0 Å². The highest BCUT2D eigenvalue weighted by molar-refractivity contribution is 5.55. The van der Waals surface area contributed by atoms with Crippen molar-refractivity contribution in [2.24, 2.45) is 0 Å². The fourth-order valence-corrected chi connectivity index (χ4v) is 2.38. The minimum absolute atomic E-state index is 0.0311. The Morgan fingerprint density at radius 1 is 1.22 bits per heavy atom. The molecule has 2 aromatic carbocycles. The molecule has 1 atom stereocenters. The minimum atomic E-state index is -0.361. The summed E-state index contributed by atoms with van der Waals surface area (Å²) in [6.45, 7) is 2.69. The quantitative estimate of drug-likeness (QED) is 0.821. The molecule has 0 aliphatic carbocycles. The predicted octanol–water partition coefficient (Wildman–Crippen LogP) is 3.44. The van der Waals surface area contributed by atoms with Crippen molar-refractivity contribution in [1.82, 2.24) is 0 Å². The Morgan fingerprint density at radius 3 is 2.48 bits per heavy atom. The second-order valence-corrected chi connectivity index (χ2v) is 5.45. The van der Waals surface area contributed by atoms with Crippen LogP contribution in [0.2, 0.25) is 0 Å². The highest BCUT2D eigenvalue weighted by atomic mass is 19.1. The zero-order chi connectivity index (χ0) is 16.8. The van der Waals surface area contributed by atoms with Gasteiger partial charge in [-0.25, -0.2) is 4.39 Å². The SMILES string of the molecule is COc1ccc(C(C)Nc2ccc(N(C)CCO)cc2)cc1F. The maximum Gasteiger partial charge on any atom is 0.165 e. The number of benzene rings is 2. The van der Waals surface area contributed by atoms with E-state index >= 15 is 0 Å². The van der Waals surface area contributed by atoms with Gasteiger partial charge in [0.15, 0.2) is 11.6 Å². The predicted molar refractivity (Wildman–Crippen MR) is 91.8 cm³/mol. The number of anilines is 2. The van der Waals surface area contributed by atoms with E-state index in [-0.39, 0.29) is 24.2 Å². The zero-order valence-corrected chi connectivity index (χ0v) is 13.7. The van der Waals surface area contributed by atoms with Crippen molar-refractivity contribution in [1.29, 1.82) is 0 Å². The van der Waals surface area contributed by atoms with E-state index in [0.717, 1.165) is 16.9 Å². The van der Waals surface area contributed by atoms with Crippen LogP contribution < -0.4 is 15.0 Å². The number of nitrogens with zero attached hydrogens (tertiary/aromatic N) is 1.